The first-order valence-electron chi connectivity index (χ1n) is 2.56. The van der Waals surface area contributed by atoms with Gasteiger partial charge in [-0.1, -0.05) is 0 Å². The molecule has 0 N–H and O–H groups in total. The van der Waals surface area contributed by atoms with Crippen molar-refractivity contribution in [1.82, 2.24) is 0 Å². The predicted octanol–water partition coefficient (Wildman–Crippen LogP) is 2.62. The quantitative estimate of drug-likeness (QED) is 0.426. The summed E-state index contributed by atoms with van der Waals surface area (Å²) in [5, 5.41) is 0.628. The molecule has 0 bridgehead atoms. The minimum atomic E-state index is -2.87. The van der Waals surface area contributed by atoms with Crippen molar-refractivity contribution in [2.24, 2.45) is 0 Å². The molecule has 0 amide bonds. The number of halogens is 3. The fourth-order valence-electron chi connectivity index (χ4n) is 0.386. The molecule has 0 aromatic heterocycles. The number of unbranched alkanes of at least 4 members (excludes halogenated alkanes) is 1. The Hall–Kier alpha value is 1.08. The molecule has 0 aliphatic carbocycles. The zero-order valence-electron chi connectivity index (χ0n) is 4.74. The first-order chi connectivity index (χ1) is 4.06. The molecule has 0 spiro atoms. The van der Waals surface area contributed by atoms with Crippen LogP contribution < -0.4 is 0 Å². The molecular formula is C4H7Cl3GeO. The molecule has 5 heteroatoms. The zero-order valence-corrected chi connectivity index (χ0v) is 9.11. The Morgan fingerprint density at radius 1 is 1.33 bits per heavy atom. The number of aldehydes is 1. The van der Waals surface area contributed by atoms with Gasteiger partial charge in [-0.15, -0.1) is 0 Å². The Labute approximate surface area is 69.6 Å². The maximum absolute atomic E-state index is 9.78. The third kappa shape index (κ3) is 9.08. The van der Waals surface area contributed by atoms with E-state index in [2.05, 4.69) is 0 Å². The molecule has 9 heavy (non-hydrogen) atoms. The van der Waals surface area contributed by atoms with Gasteiger partial charge < -0.3 is 0 Å². The van der Waals surface area contributed by atoms with Crippen LogP contribution in [0.2, 0.25) is 5.25 Å². The molecule has 0 fully saturated rings. The maximum atomic E-state index is 9.78. The van der Waals surface area contributed by atoms with E-state index >= 15 is 0 Å². The monoisotopic (exact) mass is 250 g/mol. The van der Waals surface area contributed by atoms with E-state index in [1.807, 2.05) is 0 Å². The van der Waals surface area contributed by atoms with Crippen molar-refractivity contribution in [1.29, 1.82) is 0 Å². The first kappa shape index (κ1) is 10.1. The summed E-state index contributed by atoms with van der Waals surface area (Å²) in [6.45, 7) is 0. The summed E-state index contributed by atoms with van der Waals surface area (Å²) in [5.74, 6) is 0. The molecule has 0 radical (unpaired) electrons. The molecule has 0 unspecified atom stereocenters. The fraction of sp³-hybridized carbons (Fsp3) is 0.750. The van der Waals surface area contributed by atoms with E-state index in [4.69, 9.17) is 30.0 Å². The van der Waals surface area contributed by atoms with Crippen LogP contribution in [0.4, 0.5) is 0 Å². The molecule has 0 heterocycles. The van der Waals surface area contributed by atoms with Gasteiger partial charge >= 0.3 is 69.7 Å². The fourth-order valence-corrected chi connectivity index (χ4v) is 3.74. The minimum absolute atomic E-state index is 0.513. The van der Waals surface area contributed by atoms with Crippen molar-refractivity contribution in [3.8, 4) is 0 Å². The number of carbonyl (C=O) groups excluding carboxylic acids is 1. The van der Waals surface area contributed by atoms with E-state index in [0.29, 0.717) is 11.7 Å². The van der Waals surface area contributed by atoms with Gasteiger partial charge in [0.1, 0.15) is 0 Å². The summed E-state index contributed by atoms with van der Waals surface area (Å²) in [7, 11) is 13.8. The second kappa shape index (κ2) is 4.83. The average Bonchev–Trinajstić information content (AvgIpc) is 1.63. The first-order valence-corrected chi connectivity index (χ1v) is 12.3. The van der Waals surface area contributed by atoms with Crippen molar-refractivity contribution in [3.63, 3.8) is 0 Å². The zero-order chi connectivity index (χ0) is 7.33. The van der Waals surface area contributed by atoms with Crippen molar-refractivity contribution >= 4 is 46.8 Å². The van der Waals surface area contributed by atoms with Crippen LogP contribution in [0.15, 0.2) is 0 Å². The predicted molar refractivity (Wildman–Crippen MR) is 43.4 cm³/mol. The summed E-state index contributed by atoms with van der Waals surface area (Å²) in [6, 6.07) is 0. The van der Waals surface area contributed by atoms with Gasteiger partial charge in [-0.25, -0.2) is 0 Å². The Bertz CT molecular complexity index is 90.3. The standard InChI is InChI=1S/C4H7Cl3GeO/c5-8(6,7)3-1-2-4-9/h4H,1-3H2. The second-order valence-corrected chi connectivity index (χ2v) is 18.4. The molecule has 0 aromatic rings. The number of rotatable bonds is 4. The van der Waals surface area contributed by atoms with Crippen molar-refractivity contribution < 1.29 is 4.79 Å². The van der Waals surface area contributed by atoms with Gasteiger partial charge in [0, 0.05) is 0 Å². The second-order valence-electron chi connectivity index (χ2n) is 1.67. The van der Waals surface area contributed by atoms with E-state index in [1.54, 1.807) is 0 Å². The molecule has 0 aliphatic heterocycles. The summed E-state index contributed by atoms with van der Waals surface area (Å²) < 4.78 is 0. The van der Waals surface area contributed by atoms with Crippen LogP contribution in [0.1, 0.15) is 12.8 Å². The van der Waals surface area contributed by atoms with E-state index in [0.717, 1.165) is 12.7 Å². The summed E-state index contributed by atoms with van der Waals surface area (Å²) in [4.78, 5) is 9.78. The molecule has 0 saturated carbocycles. The van der Waals surface area contributed by atoms with Crippen LogP contribution in [-0.2, 0) is 4.79 Å². The Kier molecular flexibility index (Phi) is 5.41. The Morgan fingerprint density at radius 2 is 1.89 bits per heavy atom. The molecule has 0 aromatic carbocycles. The molecule has 0 atom stereocenters. The van der Waals surface area contributed by atoms with E-state index in [9.17, 15) is 4.79 Å². The van der Waals surface area contributed by atoms with Gasteiger partial charge in [0.15, 0.2) is 0 Å². The third-order valence-corrected chi connectivity index (χ3v) is 5.66. The van der Waals surface area contributed by atoms with Gasteiger partial charge in [0.25, 0.3) is 0 Å². The Morgan fingerprint density at radius 3 is 2.22 bits per heavy atom. The summed E-state index contributed by atoms with van der Waals surface area (Å²) >= 11 is 0. The van der Waals surface area contributed by atoms with Crippen LogP contribution in [0, 0.1) is 0 Å². The van der Waals surface area contributed by atoms with Gasteiger partial charge in [-0.2, -0.15) is 0 Å². The topological polar surface area (TPSA) is 17.1 Å². The van der Waals surface area contributed by atoms with E-state index in [-0.39, 0.29) is 0 Å². The third-order valence-electron chi connectivity index (χ3n) is 0.782. The van der Waals surface area contributed by atoms with Crippen LogP contribution in [0.25, 0.3) is 0 Å². The van der Waals surface area contributed by atoms with Gasteiger partial charge in [-0.05, 0) is 0 Å². The molecule has 0 rings (SSSR count). The molecular weight excluding hydrogens is 243 g/mol. The van der Waals surface area contributed by atoms with Crippen molar-refractivity contribution in [2.75, 3.05) is 0 Å². The summed E-state index contributed by atoms with van der Waals surface area (Å²) in [5.41, 5.74) is 0. The normalized spacial score (nSPS) is 11.4. The van der Waals surface area contributed by atoms with E-state index in [1.165, 1.54) is 0 Å². The van der Waals surface area contributed by atoms with Crippen LogP contribution in [0.5, 0.6) is 0 Å². The molecule has 0 aliphatic rings. The van der Waals surface area contributed by atoms with Crippen molar-refractivity contribution in [3.05, 3.63) is 0 Å². The van der Waals surface area contributed by atoms with Gasteiger partial charge in [0.2, 0.25) is 0 Å². The Balaban J connectivity index is 3.17. The van der Waals surface area contributed by atoms with Crippen LogP contribution in [0.3, 0.4) is 0 Å². The molecule has 1 nitrogen and oxygen atoms in total. The number of hydrogen-bond acceptors (Lipinski definition) is 1. The van der Waals surface area contributed by atoms with Gasteiger partial charge in [-0.3, -0.25) is 0 Å². The van der Waals surface area contributed by atoms with Crippen LogP contribution in [-0.4, -0.2) is 16.8 Å². The van der Waals surface area contributed by atoms with Gasteiger partial charge in [0.05, 0.1) is 0 Å². The average molecular weight is 250 g/mol. The molecule has 0 saturated heterocycles. The summed E-state index contributed by atoms with van der Waals surface area (Å²) in [6.07, 6.45) is 2.08. The number of hydrogen-bond donors (Lipinski definition) is 0. The molecule has 54 valence electrons. The number of carbonyl (C=O) groups is 1. The van der Waals surface area contributed by atoms with Crippen LogP contribution >= 0.6 is 30.0 Å². The van der Waals surface area contributed by atoms with E-state index < -0.39 is 10.5 Å². The van der Waals surface area contributed by atoms with Crippen molar-refractivity contribution in [2.45, 2.75) is 18.1 Å². The SMILES string of the molecule is O=CCC[CH2][Ge]([Cl])([Cl])[Cl].